The molecule has 2 aliphatic heterocycles. The second-order valence-electron chi connectivity index (χ2n) is 13.0. The highest BCUT2D eigenvalue weighted by Crippen LogP contribution is 2.28. The zero-order chi connectivity index (χ0) is 36.8. The van der Waals surface area contributed by atoms with E-state index in [0.29, 0.717) is 63.0 Å². The summed E-state index contributed by atoms with van der Waals surface area (Å²) in [6, 6.07) is 19.3. The van der Waals surface area contributed by atoms with E-state index in [2.05, 4.69) is 58.1 Å². The molecule has 1 aromatic heterocycles. The third-order valence-corrected chi connectivity index (χ3v) is 8.95. The van der Waals surface area contributed by atoms with E-state index in [9.17, 15) is 9.18 Å². The van der Waals surface area contributed by atoms with E-state index >= 15 is 0 Å². The molecule has 1 atom stereocenters. The Morgan fingerprint density at radius 3 is 2.60 bits per heavy atom. The van der Waals surface area contributed by atoms with Gasteiger partial charge in [-0.2, -0.15) is 15.0 Å². The first kappa shape index (κ1) is 37.4. The van der Waals surface area contributed by atoms with Gasteiger partial charge in [-0.15, -0.1) is 0 Å². The number of carbonyl (C=O) groups is 1. The number of aromatic nitrogens is 3. The van der Waals surface area contributed by atoms with Gasteiger partial charge in [0.1, 0.15) is 5.82 Å². The molecule has 0 bridgehead atoms. The normalized spacial score (nSPS) is 14.5. The number of Topliss-reactive ketones (excluding diaryl/α,β-unsaturated/α-hetero) is 1. The van der Waals surface area contributed by atoms with Gasteiger partial charge in [-0.25, -0.2) is 9.24 Å². The number of piperazine rings is 1. The number of benzene rings is 3. The highest BCUT2D eigenvalue weighted by atomic mass is 19.1. The topological polar surface area (TPSA) is 142 Å². The Labute approximate surface area is 309 Å². The van der Waals surface area contributed by atoms with Crippen molar-refractivity contribution in [3.05, 3.63) is 101 Å². The molecule has 4 N–H and O–H groups in total. The van der Waals surface area contributed by atoms with Gasteiger partial charge in [-0.3, -0.25) is 14.7 Å². The molecule has 0 amide bonds. The number of hydrogen-bond donors (Lipinski definition) is 4. The van der Waals surface area contributed by atoms with Crippen LogP contribution in [0.25, 0.3) is 4.85 Å². The summed E-state index contributed by atoms with van der Waals surface area (Å²) in [5.74, 6) is 0.443. The number of carbonyl (C=O) groups excluding carboxylic acids is 1. The van der Waals surface area contributed by atoms with Crippen molar-refractivity contribution in [2.24, 2.45) is 4.99 Å². The number of aliphatic imine (C=N–C) groups is 1. The Bertz CT molecular complexity index is 1910. The lowest BCUT2D eigenvalue weighted by atomic mass is 9.99. The van der Waals surface area contributed by atoms with Gasteiger partial charge in [-0.05, 0) is 53.8 Å². The Morgan fingerprint density at radius 2 is 1.79 bits per heavy atom. The van der Waals surface area contributed by atoms with Crippen LogP contribution in [0, 0.1) is 12.4 Å². The summed E-state index contributed by atoms with van der Waals surface area (Å²) in [4.78, 5) is 38.3. The van der Waals surface area contributed by atoms with E-state index in [4.69, 9.17) is 21.0 Å². The molecule has 14 heteroatoms. The predicted octanol–water partition coefficient (Wildman–Crippen LogP) is 5.49. The molecule has 4 aromatic rings. The van der Waals surface area contributed by atoms with Gasteiger partial charge in [0.05, 0.1) is 38.1 Å². The van der Waals surface area contributed by atoms with Crippen molar-refractivity contribution in [3.63, 3.8) is 0 Å². The van der Waals surface area contributed by atoms with Gasteiger partial charge < -0.3 is 30.7 Å². The van der Waals surface area contributed by atoms with Crippen molar-refractivity contribution in [2.75, 3.05) is 75.6 Å². The number of ether oxygens (including phenoxy) is 2. The minimum absolute atomic E-state index is 0.0232. The maximum atomic E-state index is 13.8. The molecule has 1 fully saturated rings. The molecule has 0 unspecified atom stereocenters. The van der Waals surface area contributed by atoms with Crippen LogP contribution in [0.15, 0.2) is 71.7 Å². The Kier molecular flexibility index (Phi) is 13.4. The Balaban J connectivity index is 1.22. The molecule has 3 heterocycles. The highest BCUT2D eigenvalue weighted by molar-refractivity contribution is 5.96. The smallest absolute Gasteiger partial charge is 0.233 e. The molecule has 0 saturated carbocycles. The maximum Gasteiger partial charge on any atom is 0.233 e. The molecule has 3 aromatic carbocycles. The maximum absolute atomic E-state index is 13.8. The van der Waals surface area contributed by atoms with Crippen LogP contribution in [-0.4, -0.2) is 97.0 Å². The first-order chi connectivity index (χ1) is 25.9. The Morgan fingerprint density at radius 1 is 0.981 bits per heavy atom. The molecular formula is C39H45FN10O3. The van der Waals surface area contributed by atoms with Crippen molar-refractivity contribution < 1.29 is 18.7 Å². The van der Waals surface area contributed by atoms with E-state index < -0.39 is 6.04 Å². The lowest BCUT2D eigenvalue weighted by molar-refractivity contribution is -0.120. The van der Waals surface area contributed by atoms with Crippen LogP contribution in [0.5, 0.6) is 0 Å². The molecule has 13 nitrogen and oxygen atoms in total. The third-order valence-electron chi connectivity index (χ3n) is 8.95. The minimum atomic E-state index is -0.665. The fourth-order valence-corrected chi connectivity index (χ4v) is 6.19. The molecule has 0 spiro atoms. The zero-order valence-electron chi connectivity index (χ0n) is 29.9. The number of methoxy groups -OCH3 is 1. The molecule has 6 rings (SSSR count). The molecule has 2 aliphatic rings. The summed E-state index contributed by atoms with van der Waals surface area (Å²) in [5, 5.41) is 13.3. The molecule has 53 heavy (non-hydrogen) atoms. The van der Waals surface area contributed by atoms with Crippen molar-refractivity contribution in [1.29, 1.82) is 0 Å². The summed E-state index contributed by atoms with van der Waals surface area (Å²) in [5.41, 5.74) is 5.80. The van der Waals surface area contributed by atoms with Crippen LogP contribution >= 0.6 is 0 Å². The van der Waals surface area contributed by atoms with Gasteiger partial charge in [-0.1, -0.05) is 42.5 Å². The average molecular weight is 721 g/mol. The monoisotopic (exact) mass is 720 g/mol. The minimum Gasteiger partial charge on any atom is -0.382 e. The molecule has 276 valence electrons. The first-order valence-corrected chi connectivity index (χ1v) is 17.9. The SMILES string of the molecule is [C-]#[N+]c1ccc(C[C@H](Nc2nc(NCC3=Nc4cc(F)ccc4C3)nc(Nc3cccc(CN4CCNCC4)c3)n2)C(=O)CCCOCCOC)cc1. The molecule has 1 saturated heterocycles. The van der Waals surface area contributed by atoms with Crippen molar-refractivity contribution in [2.45, 2.75) is 38.3 Å². The van der Waals surface area contributed by atoms with Crippen LogP contribution in [-0.2, 0) is 33.7 Å². The quantitative estimate of drug-likeness (QED) is 0.0722. The number of ketones is 1. The first-order valence-electron chi connectivity index (χ1n) is 17.9. The number of fused-ring (bicyclic) bond motifs is 1. The van der Waals surface area contributed by atoms with Crippen molar-refractivity contribution >= 4 is 46.4 Å². The lowest BCUT2D eigenvalue weighted by Crippen LogP contribution is -2.42. The van der Waals surface area contributed by atoms with Gasteiger partial charge in [0, 0.05) is 70.7 Å². The van der Waals surface area contributed by atoms with E-state index in [1.54, 1.807) is 25.3 Å². The van der Waals surface area contributed by atoms with E-state index in [0.717, 1.165) is 55.2 Å². The number of hydrogen-bond acceptors (Lipinski definition) is 12. The zero-order valence-corrected chi connectivity index (χ0v) is 29.9. The average Bonchev–Trinajstić information content (AvgIpc) is 3.58. The molecule has 0 radical (unpaired) electrons. The van der Waals surface area contributed by atoms with Gasteiger partial charge in [0.25, 0.3) is 0 Å². The van der Waals surface area contributed by atoms with Crippen LogP contribution in [0.3, 0.4) is 0 Å². The fourth-order valence-electron chi connectivity index (χ4n) is 6.19. The van der Waals surface area contributed by atoms with Crippen LogP contribution in [0.2, 0.25) is 0 Å². The largest absolute Gasteiger partial charge is 0.382 e. The van der Waals surface area contributed by atoms with E-state index in [1.807, 2.05) is 24.3 Å². The van der Waals surface area contributed by atoms with Crippen molar-refractivity contribution in [3.8, 4) is 0 Å². The highest BCUT2D eigenvalue weighted by Gasteiger charge is 2.22. The van der Waals surface area contributed by atoms with Crippen LogP contribution < -0.4 is 21.3 Å². The van der Waals surface area contributed by atoms with Crippen molar-refractivity contribution in [1.82, 2.24) is 25.2 Å². The second-order valence-corrected chi connectivity index (χ2v) is 13.0. The standard InChI is InChI=1S/C39H45FN10O3/c1-41-31-12-8-27(9-13-31)22-35(36(51)7-4-18-53-20-19-52-2)46-39-48-37(43-25-33-23-29-10-11-30(40)24-34(29)44-33)47-38(49-39)45-32-6-3-5-28(21-32)26-50-16-14-42-15-17-50/h3,5-6,8-13,21,24,35,42H,4,7,14-20,22-23,25-26H2,2H3,(H3,43,45,46,47,48,49)/t35-/m0/s1. The number of nitrogens with zero attached hydrogens (tertiary/aromatic N) is 6. The predicted molar refractivity (Wildman–Crippen MR) is 204 cm³/mol. The summed E-state index contributed by atoms with van der Waals surface area (Å²) in [6.07, 6.45) is 1.78. The van der Waals surface area contributed by atoms with E-state index in [-0.39, 0.29) is 29.9 Å². The summed E-state index contributed by atoms with van der Waals surface area (Å²) >= 11 is 0. The number of anilines is 4. The van der Waals surface area contributed by atoms with Crippen LogP contribution in [0.1, 0.15) is 29.5 Å². The molecule has 0 aliphatic carbocycles. The third kappa shape index (κ3) is 11.3. The van der Waals surface area contributed by atoms with Gasteiger partial charge in [0.15, 0.2) is 11.5 Å². The lowest BCUT2D eigenvalue weighted by Gasteiger charge is -2.27. The summed E-state index contributed by atoms with van der Waals surface area (Å²) in [7, 11) is 1.62. The van der Waals surface area contributed by atoms with Crippen LogP contribution in [0.4, 0.5) is 39.3 Å². The fraction of sp³-hybridized carbons (Fsp3) is 0.385. The summed E-state index contributed by atoms with van der Waals surface area (Å²) < 4.78 is 24.5. The van der Waals surface area contributed by atoms with Gasteiger partial charge in [0.2, 0.25) is 17.8 Å². The number of halogens is 1. The second kappa shape index (κ2) is 19.0. The Hall–Kier alpha value is -5.33. The molecular weight excluding hydrogens is 675 g/mol. The number of rotatable bonds is 19. The van der Waals surface area contributed by atoms with E-state index in [1.165, 1.54) is 17.7 Å². The van der Waals surface area contributed by atoms with Gasteiger partial charge >= 0.3 is 0 Å². The summed E-state index contributed by atoms with van der Waals surface area (Å²) in [6.45, 7) is 13.8. The number of nitrogens with one attached hydrogen (secondary N) is 4.